The average Bonchev–Trinajstić information content (AvgIpc) is 1.76. The van der Waals surface area contributed by atoms with Crippen molar-refractivity contribution in [3.05, 3.63) is 65.7 Å². The van der Waals surface area contributed by atoms with Gasteiger partial charge < -0.3 is 147 Å². The minimum Gasteiger partial charge on any atom is -0.542 e. The van der Waals surface area contributed by atoms with Crippen LogP contribution in [0.2, 0.25) is 0 Å². The molecular formula is C63H88F6N12O30. The molecule has 8 rings (SSSR count). The molecular weight excluding hydrogens is 1520 g/mol. The van der Waals surface area contributed by atoms with Crippen molar-refractivity contribution in [2.24, 2.45) is 17.4 Å². The molecule has 6 heterocycles. The molecule has 111 heavy (non-hydrogen) atoms. The number of carboxylic acid groups (broad SMARTS) is 2. The summed E-state index contributed by atoms with van der Waals surface area (Å²) in [6, 6.07) is 0.993. The number of aliphatic hydroxyl groups excluding tert-OH is 13. The number of hydrogen-bond donors (Lipinski definition) is 24. The van der Waals surface area contributed by atoms with E-state index in [0.717, 1.165) is 4.58 Å². The maximum absolute atomic E-state index is 15.2. The second-order valence-electron chi connectivity index (χ2n) is 26.3. The van der Waals surface area contributed by atoms with Crippen molar-refractivity contribution in [3.8, 4) is 5.75 Å². The molecule has 2 aromatic carbocycles. The fourth-order valence-corrected chi connectivity index (χ4v) is 12.0. The first-order valence-corrected chi connectivity index (χ1v) is 33.8. The lowest BCUT2D eigenvalue weighted by Crippen LogP contribution is -2.84. The van der Waals surface area contributed by atoms with E-state index in [2.05, 4.69) is 47.5 Å². The molecule has 0 aliphatic carbocycles. The molecule has 6 aliphatic heterocycles. The van der Waals surface area contributed by atoms with Gasteiger partial charge >= 0.3 is 30.2 Å². The summed E-state index contributed by atoms with van der Waals surface area (Å²) in [6.45, 7) is -0.258. The number of aliphatic hydroxyl groups is 13. The molecule has 622 valence electrons. The molecule has 26 N–H and O–H groups in total. The fourth-order valence-electron chi connectivity index (χ4n) is 12.0. The van der Waals surface area contributed by atoms with Crippen molar-refractivity contribution in [1.82, 2.24) is 42.5 Å². The normalized spacial score (nSPS) is 32.8. The number of aliphatic carboxylic acids is 2. The largest absolute Gasteiger partial charge is 0.542 e. The third-order valence-electron chi connectivity index (χ3n) is 17.9. The van der Waals surface area contributed by atoms with Gasteiger partial charge in [-0.1, -0.05) is 63.2 Å². The van der Waals surface area contributed by atoms with Crippen molar-refractivity contribution in [3.63, 3.8) is 0 Å². The second kappa shape index (κ2) is 39.9. The molecule has 6 amide bonds. The number of rotatable bonds is 20. The van der Waals surface area contributed by atoms with Crippen LogP contribution in [0.15, 0.2) is 54.6 Å². The molecule has 0 spiro atoms. The summed E-state index contributed by atoms with van der Waals surface area (Å²) in [5, 5.41) is 180. The smallest absolute Gasteiger partial charge is 0.430 e. The van der Waals surface area contributed by atoms with Gasteiger partial charge in [-0.3, -0.25) is 60.7 Å². The van der Waals surface area contributed by atoms with Crippen molar-refractivity contribution < 1.29 is 184 Å². The van der Waals surface area contributed by atoms with Crippen molar-refractivity contribution in [2.45, 2.75) is 198 Å². The summed E-state index contributed by atoms with van der Waals surface area (Å²) in [4.78, 5) is 120. The summed E-state index contributed by atoms with van der Waals surface area (Å²) in [6.07, 6.45) is -42.0. The van der Waals surface area contributed by atoms with Crippen molar-refractivity contribution >= 4 is 65.3 Å². The lowest BCUT2D eigenvalue weighted by Gasteiger charge is -2.46. The number of carboxylic acids is 2. The Bertz CT molecular complexity index is 3550. The summed E-state index contributed by atoms with van der Waals surface area (Å²) in [5.41, 5.74) is 13.0. The van der Waals surface area contributed by atoms with Gasteiger partial charge in [0.1, 0.15) is 146 Å². The molecule has 0 saturated carbocycles. The number of nitrogens with one attached hydrogen (secondary N) is 9. The number of amides is 6. The van der Waals surface area contributed by atoms with Crippen molar-refractivity contribution in [2.75, 3.05) is 46.1 Å². The minimum atomic E-state index is -5.19. The highest BCUT2D eigenvalue weighted by Crippen LogP contribution is 2.33. The molecule has 42 nitrogen and oxygen atoms in total. The van der Waals surface area contributed by atoms with E-state index >= 15 is 9.59 Å². The van der Waals surface area contributed by atoms with Crippen LogP contribution in [0.1, 0.15) is 44.2 Å². The van der Waals surface area contributed by atoms with Crippen LogP contribution in [-0.2, 0) is 73.3 Å². The van der Waals surface area contributed by atoms with Gasteiger partial charge in [0.05, 0.1) is 39.5 Å². The highest BCUT2D eigenvalue weighted by atomic mass is 19.4. The van der Waals surface area contributed by atoms with E-state index in [0.29, 0.717) is 5.56 Å². The number of hydrogen-bond acceptors (Lipinski definition) is 34. The third kappa shape index (κ3) is 23.7. The lowest BCUT2D eigenvalue weighted by molar-refractivity contribution is -0.663. The van der Waals surface area contributed by atoms with Crippen LogP contribution in [0.5, 0.6) is 5.75 Å². The summed E-state index contributed by atoms with van der Waals surface area (Å²) < 4.78 is 98.2. The molecule has 0 unspecified atom stereocenters. The minimum absolute atomic E-state index is 0.0590. The van der Waals surface area contributed by atoms with E-state index in [9.17, 15) is 117 Å². The topological polar surface area (TPSA) is 683 Å². The number of carbonyl (C=O) groups is 9. The monoisotopic (exact) mass is 1610 g/mol. The van der Waals surface area contributed by atoms with Gasteiger partial charge in [-0.05, 0) is 29.2 Å². The summed E-state index contributed by atoms with van der Waals surface area (Å²) >= 11 is 0. The number of guanidine groups is 2. The Kier molecular flexibility index (Phi) is 32.6. The number of benzene rings is 2. The van der Waals surface area contributed by atoms with E-state index < -0.39 is 264 Å². The molecule has 0 radical (unpaired) electrons. The molecule has 0 bridgehead atoms. The van der Waals surface area contributed by atoms with Gasteiger partial charge in [-0.2, -0.15) is 26.3 Å². The Morgan fingerprint density at radius 3 is 1.66 bits per heavy atom. The Hall–Kier alpha value is -9.09. The zero-order valence-electron chi connectivity index (χ0n) is 58.7. The number of ether oxygens (including phenoxy) is 6. The zero-order chi connectivity index (χ0) is 83.0. The second-order valence-corrected chi connectivity index (χ2v) is 26.3. The fraction of sp³-hybridized carbons (Fsp3) is 0.635. The zero-order valence-corrected chi connectivity index (χ0v) is 58.7. The van der Waals surface area contributed by atoms with Crippen molar-refractivity contribution in [1.29, 1.82) is 0 Å². The van der Waals surface area contributed by atoms with Gasteiger partial charge in [0.15, 0.2) is 12.4 Å². The van der Waals surface area contributed by atoms with Crippen LogP contribution in [0, 0.1) is 5.92 Å². The SMILES string of the molecule is CC(C)CC(=O)O[C@H]1[C@H](O)[C@H](O)[C@@H](O[C@H]2[C@H](O)[C@H](O)[C@@H](Oc3ccc(C[C@H]4NC(=O)[C@H]([C@@H](C)c5ccccc5)NC(=O)CNC(=O)[C@H](CO)NC(=O)[C@@H]([C@@H](O)[C@@H]5CNC(N)=[N+]5[C@H]5O[C@H](CO)[C@@H](O)[C@H](O)[C@@H]5O)NC(=O)[C@H]([C@@H](O)[C@@H]5CNC(N)=[NH+]5)NC4=O)cc3)O[C@@H]2CO)O[C@@H]1CO.O=C([O-])C(F)(F)F.O=C([O-])C(F)(F)F. The van der Waals surface area contributed by atoms with E-state index in [4.69, 9.17) is 59.7 Å². The van der Waals surface area contributed by atoms with Crippen LogP contribution in [0.4, 0.5) is 26.3 Å². The van der Waals surface area contributed by atoms with Gasteiger partial charge in [0, 0.05) is 18.8 Å². The van der Waals surface area contributed by atoms with Crippen LogP contribution < -0.4 is 73.9 Å². The average molecular weight is 1610 g/mol. The van der Waals surface area contributed by atoms with Crippen LogP contribution >= 0.6 is 0 Å². The molecule has 2 aromatic rings. The molecule has 48 heteroatoms. The first-order chi connectivity index (χ1) is 52.0. The first-order valence-electron chi connectivity index (χ1n) is 33.8. The molecule has 4 fully saturated rings. The number of alkyl halides is 6. The highest BCUT2D eigenvalue weighted by Gasteiger charge is 2.55. The van der Waals surface area contributed by atoms with Crippen LogP contribution in [-0.4, -0.2) is 341 Å². The molecule has 0 aromatic heterocycles. The Balaban J connectivity index is 0.00000125. The first kappa shape index (κ1) is 90.8. The predicted molar refractivity (Wildman–Crippen MR) is 346 cm³/mol. The Labute approximate surface area is 623 Å². The van der Waals surface area contributed by atoms with Gasteiger partial charge in [0.25, 0.3) is 0 Å². The lowest BCUT2D eigenvalue weighted by atomic mass is 9.92. The highest BCUT2D eigenvalue weighted by molar-refractivity contribution is 5.98. The molecule has 6 aliphatic rings. The maximum atomic E-state index is 15.2. The van der Waals surface area contributed by atoms with E-state index in [1.165, 1.54) is 24.3 Å². The van der Waals surface area contributed by atoms with Gasteiger partial charge in [-0.15, -0.1) is 0 Å². The molecule has 4 saturated heterocycles. The molecule has 25 atom stereocenters. The number of halogens is 6. The quantitative estimate of drug-likeness (QED) is 0.0332. The predicted octanol–water partition coefficient (Wildman–Crippen LogP) is -16.0. The van der Waals surface area contributed by atoms with E-state index in [1.807, 2.05) is 0 Å². The maximum Gasteiger partial charge on any atom is 0.430 e. The number of esters is 1. The van der Waals surface area contributed by atoms with E-state index in [-0.39, 0.29) is 42.1 Å². The number of carbonyl (C=O) groups excluding carboxylic acids is 9. The summed E-state index contributed by atoms with van der Waals surface area (Å²) in [7, 11) is 0. The van der Waals surface area contributed by atoms with Gasteiger partial charge in [0.2, 0.25) is 48.0 Å². The number of nitrogens with two attached hydrogens (primary N) is 2. The van der Waals surface area contributed by atoms with E-state index in [1.54, 1.807) is 51.1 Å². The van der Waals surface area contributed by atoms with Gasteiger partial charge in [-0.25, -0.2) is 4.58 Å². The summed E-state index contributed by atoms with van der Waals surface area (Å²) in [5.74, 6) is -15.6. The number of nitrogens with zero attached hydrogens (tertiary/aromatic N) is 1. The van der Waals surface area contributed by atoms with Crippen LogP contribution in [0.25, 0.3) is 0 Å². The Morgan fingerprint density at radius 2 is 1.11 bits per heavy atom. The van der Waals surface area contributed by atoms with Crippen LogP contribution in [0.3, 0.4) is 0 Å². The standard InChI is InChI=1S/C59H86N12O26.2C2HF3O2/c1-22(2)13-35(77)96-48-32(20-74)95-57(47(86)43(48)82)97-49-33(21-75)94-56(46(85)44(49)83)92-26-11-9-24(10-12-26)14-27-51(88)69-37(39(78)28-15-63-58(60)67-28)54(91)70-38(40(79)30-16-64-59(61)71(30)55-45(84)42(81)41(80)31(19-73)93-55)53(90)66-29(18-72)50(87)62-17-34(76)68-36(52(89)65-27)23(3)25-7-5-4-6-8-25;2*3-2(4,5)1(6)7/h4-12,22-23,27-33,36-49,55-57,72-75,78-86H,13-21H2,1-3H3,(H11,60,61,62,63,64,65,66,67,68,69,70,76,87,88,89,90,91);2*(H,6,7)/t23-,27+,28-,29-,30-,31+,32+,33+,36-,37-,38+,39-,40-,41+,42-,43+,44+,45-,46-,47-,48+,49+,55-,56-,57+;;/m0../s1. The Morgan fingerprint density at radius 1 is 0.586 bits per heavy atom. The third-order valence-corrected chi connectivity index (χ3v) is 17.9.